The molecule has 2 N–H and O–H groups in total. The Kier molecular flexibility index (Phi) is 21.0. The lowest BCUT2D eigenvalue weighted by Gasteiger charge is -2.39. The molecule has 5 rings (SSSR count). The largest absolute Gasteiger partial charge is 0.444 e. The topological polar surface area (TPSA) is 143 Å². The number of rotatable bonds is 25. The number of nitrogens with one attached hydrogen (secondary N) is 2. The maximum atomic E-state index is 14.7. The summed E-state index contributed by atoms with van der Waals surface area (Å²) < 4.78 is 45.3. The van der Waals surface area contributed by atoms with Gasteiger partial charge in [0.05, 0.1) is 46.2 Å². The van der Waals surface area contributed by atoms with Gasteiger partial charge in [0.25, 0.3) is 0 Å². The number of carbonyl (C=O) groups is 3. The molecule has 68 heavy (non-hydrogen) atoms. The summed E-state index contributed by atoms with van der Waals surface area (Å²) in [6.45, 7) is 11.2. The number of ether oxygens (including phenoxy) is 7. The van der Waals surface area contributed by atoms with E-state index in [1.807, 2.05) is 152 Å². The summed E-state index contributed by atoms with van der Waals surface area (Å²) in [6.07, 6.45) is -4.96. The van der Waals surface area contributed by atoms with Crippen LogP contribution in [0.3, 0.4) is 0 Å². The van der Waals surface area contributed by atoms with E-state index in [9.17, 15) is 14.4 Å². The third kappa shape index (κ3) is 19.6. The van der Waals surface area contributed by atoms with Gasteiger partial charge in [0.2, 0.25) is 5.91 Å². The van der Waals surface area contributed by atoms with Crippen LogP contribution in [0.1, 0.15) is 69.4 Å². The number of hydrogen-bond acceptors (Lipinski definition) is 10. The number of carbonyl (C=O) groups excluding carboxylic acids is 3. The lowest BCUT2D eigenvalue weighted by Crippen LogP contribution is -2.57. The lowest BCUT2D eigenvalue weighted by atomic mass is 10.0. The zero-order valence-electron chi connectivity index (χ0n) is 40.5. The van der Waals surface area contributed by atoms with Crippen molar-refractivity contribution in [2.75, 3.05) is 26.7 Å². The highest BCUT2D eigenvalue weighted by molar-refractivity contribution is 5.86. The number of benzene rings is 5. The number of amides is 3. The van der Waals surface area contributed by atoms with Crippen molar-refractivity contribution in [3.8, 4) is 0 Å². The SMILES string of the molecule is CN(C[C@H](OCc1ccccc1)[C@@H](OCc1ccccc1)[C@H](OCc1ccccc1)[C@@H](COCc1ccccc1)OCc1ccccc1)C(=O)C(CNC(=O)OC(C)(C)C)NC(=O)OC(C)(C)C. The van der Waals surface area contributed by atoms with Crippen molar-refractivity contribution in [2.45, 2.75) is 116 Å². The average molecular weight is 932 g/mol. The fourth-order valence-corrected chi connectivity index (χ4v) is 7.05. The summed E-state index contributed by atoms with van der Waals surface area (Å²) in [7, 11) is 1.61. The molecule has 5 atom stereocenters. The highest BCUT2D eigenvalue weighted by Crippen LogP contribution is 2.25. The minimum atomic E-state index is -1.26. The van der Waals surface area contributed by atoms with Crippen LogP contribution in [0.25, 0.3) is 0 Å². The fourth-order valence-electron chi connectivity index (χ4n) is 7.05. The first-order chi connectivity index (χ1) is 32.6. The van der Waals surface area contributed by atoms with E-state index in [-0.39, 0.29) is 46.1 Å². The van der Waals surface area contributed by atoms with Crippen LogP contribution in [0.4, 0.5) is 9.59 Å². The fraction of sp³-hybridized carbons (Fsp3) is 0.400. The van der Waals surface area contributed by atoms with Gasteiger partial charge in [0.1, 0.15) is 41.7 Å². The van der Waals surface area contributed by atoms with Gasteiger partial charge < -0.3 is 48.7 Å². The summed E-state index contributed by atoms with van der Waals surface area (Å²) in [5.41, 5.74) is 3.01. The number of hydrogen-bond donors (Lipinski definition) is 2. The smallest absolute Gasteiger partial charge is 0.408 e. The molecule has 364 valence electrons. The van der Waals surface area contributed by atoms with Gasteiger partial charge in [-0.1, -0.05) is 152 Å². The van der Waals surface area contributed by atoms with Gasteiger partial charge >= 0.3 is 12.2 Å². The molecule has 0 radical (unpaired) electrons. The van der Waals surface area contributed by atoms with Crippen LogP contribution in [0.2, 0.25) is 0 Å². The molecule has 13 heteroatoms. The molecule has 0 saturated heterocycles. The molecule has 13 nitrogen and oxygen atoms in total. The van der Waals surface area contributed by atoms with Gasteiger partial charge in [-0.05, 0) is 69.4 Å². The van der Waals surface area contributed by atoms with E-state index in [2.05, 4.69) is 10.6 Å². The van der Waals surface area contributed by atoms with E-state index in [1.165, 1.54) is 4.90 Å². The maximum Gasteiger partial charge on any atom is 0.408 e. The van der Waals surface area contributed by atoms with Crippen LogP contribution in [0, 0.1) is 0 Å². The van der Waals surface area contributed by atoms with Crippen molar-refractivity contribution >= 4 is 18.1 Å². The monoisotopic (exact) mass is 931 g/mol. The molecule has 1 unspecified atom stereocenters. The van der Waals surface area contributed by atoms with Gasteiger partial charge in [-0.25, -0.2) is 9.59 Å². The number of alkyl carbamates (subject to hydrolysis) is 2. The Morgan fingerprint density at radius 1 is 0.485 bits per heavy atom. The van der Waals surface area contributed by atoms with Crippen LogP contribution >= 0.6 is 0 Å². The highest BCUT2D eigenvalue weighted by atomic mass is 16.6. The normalized spacial score (nSPS) is 13.9. The van der Waals surface area contributed by atoms with Crippen molar-refractivity contribution in [1.82, 2.24) is 15.5 Å². The maximum absolute atomic E-state index is 14.7. The molecule has 0 spiro atoms. The third-order valence-corrected chi connectivity index (χ3v) is 10.3. The Morgan fingerprint density at radius 3 is 1.25 bits per heavy atom. The molecular formula is C55H69N3O10. The molecule has 0 bridgehead atoms. The van der Waals surface area contributed by atoms with Gasteiger partial charge in [0.15, 0.2) is 0 Å². The number of nitrogens with zero attached hydrogens (tertiary/aromatic N) is 1. The van der Waals surface area contributed by atoms with E-state index < -0.39 is 59.8 Å². The Labute approximate surface area is 402 Å². The second-order valence-electron chi connectivity index (χ2n) is 18.5. The third-order valence-electron chi connectivity index (χ3n) is 10.3. The van der Waals surface area contributed by atoms with Crippen molar-refractivity contribution in [1.29, 1.82) is 0 Å². The van der Waals surface area contributed by atoms with Crippen LogP contribution in [-0.4, -0.2) is 91.4 Å². The Balaban J connectivity index is 1.56. The molecule has 3 amide bonds. The van der Waals surface area contributed by atoms with Gasteiger partial charge in [-0.15, -0.1) is 0 Å². The van der Waals surface area contributed by atoms with Gasteiger partial charge in [0, 0.05) is 13.6 Å². The molecule has 0 saturated carbocycles. The first-order valence-corrected chi connectivity index (χ1v) is 23.1. The summed E-state index contributed by atoms with van der Waals surface area (Å²) in [6, 6.07) is 47.8. The van der Waals surface area contributed by atoms with Crippen molar-refractivity contribution in [2.24, 2.45) is 0 Å². The molecule has 0 aliphatic heterocycles. The van der Waals surface area contributed by atoms with E-state index in [4.69, 9.17) is 33.2 Å². The summed E-state index contributed by atoms with van der Waals surface area (Å²) in [5.74, 6) is -0.535. The van der Waals surface area contributed by atoms with Gasteiger partial charge in [-0.3, -0.25) is 4.79 Å². The molecule has 0 fully saturated rings. The van der Waals surface area contributed by atoms with E-state index in [1.54, 1.807) is 48.6 Å². The second kappa shape index (κ2) is 27.0. The molecular weight excluding hydrogens is 863 g/mol. The molecule has 0 aliphatic rings. The van der Waals surface area contributed by atoms with Gasteiger partial charge in [-0.2, -0.15) is 0 Å². The van der Waals surface area contributed by atoms with E-state index >= 15 is 0 Å². The lowest BCUT2D eigenvalue weighted by molar-refractivity contribution is -0.202. The number of likely N-dealkylation sites (N-methyl/N-ethyl adjacent to an activating group) is 1. The van der Waals surface area contributed by atoms with E-state index in [0.717, 1.165) is 27.8 Å². The molecule has 0 heterocycles. The Bertz CT molecular complexity index is 2210. The van der Waals surface area contributed by atoms with Crippen LogP contribution in [0.15, 0.2) is 152 Å². The first kappa shape index (κ1) is 52.9. The van der Waals surface area contributed by atoms with E-state index in [0.29, 0.717) is 6.61 Å². The molecule has 0 aliphatic carbocycles. The molecule has 5 aromatic carbocycles. The van der Waals surface area contributed by atoms with Crippen molar-refractivity contribution < 1.29 is 47.5 Å². The second-order valence-corrected chi connectivity index (χ2v) is 18.5. The highest BCUT2D eigenvalue weighted by Gasteiger charge is 2.41. The van der Waals surface area contributed by atoms with Crippen LogP contribution < -0.4 is 10.6 Å². The van der Waals surface area contributed by atoms with Crippen LogP contribution in [0.5, 0.6) is 0 Å². The minimum Gasteiger partial charge on any atom is -0.444 e. The Hall–Kier alpha value is -6.09. The molecule has 5 aromatic rings. The van der Waals surface area contributed by atoms with Crippen LogP contribution in [-0.2, 0) is 71.0 Å². The summed E-state index contributed by atoms with van der Waals surface area (Å²) in [4.78, 5) is 42.3. The predicted octanol–water partition coefficient (Wildman–Crippen LogP) is 9.42. The molecule has 0 aromatic heterocycles. The quantitative estimate of drug-likeness (QED) is 0.0581. The summed E-state index contributed by atoms with van der Waals surface area (Å²) in [5, 5.41) is 5.32. The zero-order chi connectivity index (χ0) is 48.8. The predicted molar refractivity (Wildman–Crippen MR) is 261 cm³/mol. The minimum absolute atomic E-state index is 0.0501. The first-order valence-electron chi connectivity index (χ1n) is 23.1. The average Bonchev–Trinajstić information content (AvgIpc) is 3.31. The zero-order valence-corrected chi connectivity index (χ0v) is 40.5. The van der Waals surface area contributed by atoms with Crippen molar-refractivity contribution in [3.63, 3.8) is 0 Å². The Morgan fingerprint density at radius 2 is 0.838 bits per heavy atom. The van der Waals surface area contributed by atoms with Crippen molar-refractivity contribution in [3.05, 3.63) is 179 Å². The standard InChI is InChI=1S/C55H69N3O10/c1-54(2,3)67-52(60)56-33-46(57-53(61)68-55(4,5)6)51(59)58(7)34-47(63-36-42-25-15-9-16-26-42)49(65-38-44-29-19-11-20-30-44)50(66-39-45-31-21-12-22-32-45)48(64-37-43-27-17-10-18-28-43)40-62-35-41-23-13-8-14-24-41/h8-32,46-50H,33-40H2,1-7H3,(H,56,60)(H,57,61)/t46?,47-,48+,49+,50+/m0/s1. The summed E-state index contributed by atoms with van der Waals surface area (Å²) >= 11 is 0.